The van der Waals surface area contributed by atoms with E-state index in [1.165, 1.54) is 60.0 Å². The lowest BCUT2D eigenvalue weighted by Gasteiger charge is -2.49. The van der Waals surface area contributed by atoms with Crippen LogP contribution < -0.4 is 25.4 Å². The second-order valence-electron chi connectivity index (χ2n) is 10.9. The molecular weight excluding hydrogens is 519 g/mol. The van der Waals surface area contributed by atoms with Gasteiger partial charge in [0.25, 0.3) is 0 Å². The first-order valence-corrected chi connectivity index (χ1v) is 14.8. The van der Waals surface area contributed by atoms with Gasteiger partial charge >= 0.3 is 6.85 Å². The molecule has 0 unspecified atom stereocenters. The first-order valence-electron chi connectivity index (χ1n) is 14.0. The third-order valence-electron chi connectivity index (χ3n) is 8.79. The average Bonchev–Trinajstić information content (AvgIpc) is 3.03. The summed E-state index contributed by atoms with van der Waals surface area (Å²) in [6, 6.07) is 46.2. The van der Waals surface area contributed by atoms with Crippen LogP contribution in [0.4, 0.5) is 28.4 Å². The second-order valence-corrected chi connectivity index (χ2v) is 12.0. The molecule has 0 aliphatic carbocycles. The fraction of sp³-hybridized carbons (Fsp3) is 0. The van der Waals surface area contributed by atoms with Crippen LogP contribution in [0.15, 0.2) is 137 Å². The molecule has 0 bridgehead atoms. The van der Waals surface area contributed by atoms with Crippen LogP contribution in [0.3, 0.4) is 0 Å². The molecule has 41 heavy (non-hydrogen) atoms. The number of hydrogen-bond acceptors (Lipinski definition) is 4. The van der Waals surface area contributed by atoms with Crippen molar-refractivity contribution in [1.29, 1.82) is 0 Å². The largest absolute Gasteiger partial charge is 0.453 e. The predicted octanol–water partition coefficient (Wildman–Crippen LogP) is 8.63. The van der Waals surface area contributed by atoms with Crippen molar-refractivity contribution in [1.82, 2.24) is 0 Å². The molecule has 5 heteroatoms. The summed E-state index contributed by atoms with van der Waals surface area (Å²) in [5, 5.41) is 0. The minimum Gasteiger partial charge on any atom is -0.453 e. The molecule has 0 atom stereocenters. The Kier molecular flexibility index (Phi) is 4.20. The Morgan fingerprint density at radius 2 is 1.29 bits per heavy atom. The minimum atomic E-state index is 0.0144. The van der Waals surface area contributed by atoms with Crippen LogP contribution in [-0.2, 0) is 0 Å². The van der Waals surface area contributed by atoms with Crippen LogP contribution in [0.5, 0.6) is 11.5 Å². The van der Waals surface area contributed by atoms with Crippen molar-refractivity contribution in [3.63, 3.8) is 0 Å². The van der Waals surface area contributed by atoms with Crippen LogP contribution in [0.1, 0.15) is 0 Å². The molecule has 3 nitrogen and oxygen atoms in total. The molecule has 4 aliphatic rings. The zero-order valence-corrected chi connectivity index (χ0v) is 22.7. The maximum atomic E-state index is 6.58. The smallest absolute Gasteiger partial charge is 0.333 e. The summed E-state index contributed by atoms with van der Waals surface area (Å²) in [5.41, 5.74) is 13.6. The van der Waals surface area contributed by atoms with Crippen molar-refractivity contribution < 1.29 is 4.74 Å². The zero-order valence-electron chi connectivity index (χ0n) is 21.9. The van der Waals surface area contributed by atoms with Gasteiger partial charge in [-0.05, 0) is 76.1 Å². The van der Waals surface area contributed by atoms with Crippen molar-refractivity contribution in [2.45, 2.75) is 9.79 Å². The molecule has 10 rings (SSSR count). The summed E-state index contributed by atoms with van der Waals surface area (Å²) in [7, 11) is 0. The maximum Gasteiger partial charge on any atom is 0.333 e. The van der Waals surface area contributed by atoms with E-state index >= 15 is 0 Å². The lowest BCUT2D eigenvalue weighted by atomic mass is 9.43. The van der Waals surface area contributed by atoms with Gasteiger partial charge in [0.2, 0.25) is 0 Å². The van der Waals surface area contributed by atoms with Gasteiger partial charge in [0.15, 0.2) is 11.5 Å². The predicted molar refractivity (Wildman–Crippen MR) is 170 cm³/mol. The molecule has 4 aliphatic heterocycles. The Bertz CT molecular complexity index is 2090. The van der Waals surface area contributed by atoms with E-state index in [-0.39, 0.29) is 6.85 Å². The molecule has 4 heterocycles. The minimum absolute atomic E-state index is 0.0144. The zero-order chi connectivity index (χ0) is 26.7. The molecule has 0 radical (unpaired) electrons. The number of nitrogens with zero attached hydrogens (tertiary/aromatic N) is 2. The number of fused-ring (bicyclic) bond motifs is 8. The highest BCUT2D eigenvalue weighted by atomic mass is 32.2. The van der Waals surface area contributed by atoms with E-state index in [0.29, 0.717) is 0 Å². The lowest BCUT2D eigenvalue weighted by Crippen LogP contribution is -2.62. The van der Waals surface area contributed by atoms with E-state index in [1.54, 1.807) is 0 Å². The Morgan fingerprint density at radius 1 is 0.537 bits per heavy atom. The van der Waals surface area contributed by atoms with Crippen LogP contribution >= 0.6 is 11.8 Å². The summed E-state index contributed by atoms with van der Waals surface area (Å²) in [5.74, 6) is 1.78. The lowest BCUT2D eigenvalue weighted by molar-refractivity contribution is 0.477. The van der Waals surface area contributed by atoms with Crippen LogP contribution in [0, 0.1) is 0 Å². The maximum absolute atomic E-state index is 6.58. The molecule has 6 aromatic rings. The molecule has 190 valence electrons. The highest BCUT2D eigenvalue weighted by Crippen LogP contribution is 2.58. The van der Waals surface area contributed by atoms with Gasteiger partial charge in [0, 0.05) is 26.7 Å². The Balaban J connectivity index is 1.38. The number of hydrogen-bond donors (Lipinski definition) is 0. The normalized spacial score (nSPS) is 14.3. The fourth-order valence-corrected chi connectivity index (χ4v) is 8.28. The third-order valence-corrected chi connectivity index (χ3v) is 9.90. The van der Waals surface area contributed by atoms with Crippen molar-refractivity contribution in [3.8, 4) is 33.8 Å². The van der Waals surface area contributed by atoms with E-state index in [4.69, 9.17) is 4.74 Å². The summed E-state index contributed by atoms with van der Waals surface area (Å²) in [4.78, 5) is 7.63. The van der Waals surface area contributed by atoms with Gasteiger partial charge in [0.1, 0.15) is 0 Å². The van der Waals surface area contributed by atoms with Gasteiger partial charge < -0.3 is 14.4 Å². The third kappa shape index (κ3) is 2.81. The van der Waals surface area contributed by atoms with Crippen LogP contribution in [-0.4, -0.2) is 6.85 Å². The monoisotopic (exact) mass is 540 g/mol. The van der Waals surface area contributed by atoms with Gasteiger partial charge in [-0.3, -0.25) is 0 Å². The molecule has 0 aromatic heterocycles. The first kappa shape index (κ1) is 21.9. The van der Waals surface area contributed by atoms with Gasteiger partial charge in [-0.25, -0.2) is 0 Å². The van der Waals surface area contributed by atoms with Crippen molar-refractivity contribution >= 4 is 58.0 Å². The SMILES string of the molecule is c1ccc(-c2cc3c4c(c2)N2c5ccccc5Oc5cccc(c52)B4N2c4ccccc4Sc4cccc-3c42)cc1. The van der Waals surface area contributed by atoms with Crippen molar-refractivity contribution in [2.75, 3.05) is 9.71 Å². The summed E-state index contributed by atoms with van der Waals surface area (Å²) < 4.78 is 6.58. The Labute approximate surface area is 242 Å². The van der Waals surface area contributed by atoms with Gasteiger partial charge in [-0.2, -0.15) is 0 Å². The van der Waals surface area contributed by atoms with E-state index in [0.717, 1.165) is 22.9 Å². The number of para-hydroxylation sites is 5. The summed E-state index contributed by atoms with van der Waals surface area (Å²) in [6.07, 6.45) is 0. The van der Waals surface area contributed by atoms with E-state index in [9.17, 15) is 0 Å². The summed E-state index contributed by atoms with van der Waals surface area (Å²) in [6.45, 7) is 0.0144. The van der Waals surface area contributed by atoms with E-state index < -0.39 is 0 Å². The number of benzene rings is 6. The molecule has 0 saturated carbocycles. The van der Waals surface area contributed by atoms with Gasteiger partial charge in [-0.15, -0.1) is 0 Å². The quantitative estimate of drug-likeness (QED) is 0.194. The van der Waals surface area contributed by atoms with Crippen molar-refractivity contribution in [3.05, 3.63) is 127 Å². The summed E-state index contributed by atoms with van der Waals surface area (Å²) >= 11 is 1.87. The highest BCUT2D eigenvalue weighted by molar-refractivity contribution is 7.99. The first-order chi connectivity index (χ1) is 20.3. The topological polar surface area (TPSA) is 15.7 Å². The highest BCUT2D eigenvalue weighted by Gasteiger charge is 2.49. The molecule has 0 fully saturated rings. The van der Waals surface area contributed by atoms with E-state index in [1.807, 2.05) is 11.8 Å². The Hall–Kier alpha value is -4.87. The Morgan fingerprint density at radius 3 is 2.22 bits per heavy atom. The standard InChI is InChI=1S/C36H21BN2OS/c1-2-10-22(11-3-1)23-20-25-24-12-8-19-33-35(24)39(28-15-5-7-18-32(28)41-33)37-26-13-9-17-31-36(26)38(29(21-23)34(25)37)27-14-4-6-16-30(27)40-31/h1-21H. The van der Waals surface area contributed by atoms with Crippen LogP contribution in [0.2, 0.25) is 0 Å². The van der Waals surface area contributed by atoms with Crippen molar-refractivity contribution in [2.24, 2.45) is 0 Å². The van der Waals surface area contributed by atoms with Gasteiger partial charge in [0.05, 0.1) is 17.1 Å². The van der Waals surface area contributed by atoms with E-state index in [2.05, 4.69) is 137 Å². The molecular formula is C36H21BN2OS. The number of rotatable bonds is 1. The molecule has 0 spiro atoms. The number of anilines is 5. The van der Waals surface area contributed by atoms with Crippen LogP contribution in [0.25, 0.3) is 22.3 Å². The average molecular weight is 540 g/mol. The van der Waals surface area contributed by atoms with Gasteiger partial charge in [-0.1, -0.05) is 90.6 Å². The fourth-order valence-electron chi connectivity index (χ4n) is 7.17. The molecule has 0 amide bonds. The molecule has 0 N–H and O–H groups in total. The second kappa shape index (κ2) is 7.87. The molecule has 0 saturated heterocycles. The molecule has 6 aromatic carbocycles. The number of ether oxygens (including phenoxy) is 1.